The van der Waals surface area contributed by atoms with Crippen molar-refractivity contribution < 1.29 is 24.2 Å². The summed E-state index contributed by atoms with van der Waals surface area (Å²) in [5.74, 6) is -0.320. The molecular formula is C29H27NO5. The van der Waals surface area contributed by atoms with Crippen molar-refractivity contribution in [3.8, 4) is 11.5 Å². The normalized spacial score (nSPS) is 18.8. The number of hydrogen-bond acceptors (Lipinski definition) is 5. The van der Waals surface area contributed by atoms with Crippen LogP contribution in [0.15, 0.2) is 66.2 Å². The fraction of sp³-hybridized carbons (Fsp3) is 0.241. The topological polar surface area (TPSA) is 76.1 Å². The monoisotopic (exact) mass is 469 g/mol. The molecule has 1 unspecified atom stereocenters. The van der Waals surface area contributed by atoms with Crippen LogP contribution in [-0.2, 0) is 16.0 Å². The third-order valence-electron chi connectivity index (χ3n) is 6.83. The van der Waals surface area contributed by atoms with Crippen LogP contribution in [0.3, 0.4) is 0 Å². The third kappa shape index (κ3) is 3.85. The zero-order valence-electron chi connectivity index (χ0n) is 20.0. The van der Waals surface area contributed by atoms with E-state index in [0.29, 0.717) is 29.2 Å². The van der Waals surface area contributed by atoms with E-state index in [0.717, 1.165) is 35.3 Å². The lowest BCUT2D eigenvalue weighted by Crippen LogP contribution is -2.29. The first-order chi connectivity index (χ1) is 16.9. The number of aryl methyl sites for hydroxylation is 3. The molecule has 0 aromatic heterocycles. The number of carbonyl (C=O) groups is 2. The minimum atomic E-state index is -0.847. The summed E-state index contributed by atoms with van der Waals surface area (Å²) in [5.41, 5.74) is 4.77. The van der Waals surface area contributed by atoms with Gasteiger partial charge in [-0.25, -0.2) is 0 Å². The molecule has 1 saturated heterocycles. The molecule has 2 heterocycles. The van der Waals surface area contributed by atoms with Gasteiger partial charge in [-0.05, 0) is 79.8 Å². The molecule has 0 radical (unpaired) electrons. The van der Waals surface area contributed by atoms with Crippen molar-refractivity contribution in [2.24, 2.45) is 0 Å². The number of aliphatic hydroxyl groups excluding tert-OH is 1. The SMILES string of the molecule is COc1ccccc1C1/C(=C(\O)c2ccc3c(c2)CCCO3)C(=O)C(=O)N1c1ccc(C)c(C)c1. The van der Waals surface area contributed by atoms with E-state index in [-0.39, 0.29) is 11.3 Å². The number of nitrogens with zero attached hydrogens (tertiary/aromatic N) is 1. The highest BCUT2D eigenvalue weighted by atomic mass is 16.5. The van der Waals surface area contributed by atoms with E-state index < -0.39 is 17.7 Å². The highest BCUT2D eigenvalue weighted by Gasteiger charge is 2.48. The molecule has 3 aromatic carbocycles. The summed E-state index contributed by atoms with van der Waals surface area (Å²) in [7, 11) is 1.55. The number of ether oxygens (including phenoxy) is 2. The van der Waals surface area contributed by atoms with Crippen molar-refractivity contribution in [1.82, 2.24) is 0 Å². The molecule has 5 rings (SSSR count). The number of hydrogen-bond donors (Lipinski definition) is 1. The Kier molecular flexibility index (Phi) is 5.81. The van der Waals surface area contributed by atoms with Crippen molar-refractivity contribution in [3.63, 3.8) is 0 Å². The number of anilines is 1. The molecule has 1 N–H and O–H groups in total. The Hall–Kier alpha value is -4.06. The van der Waals surface area contributed by atoms with E-state index in [4.69, 9.17) is 9.47 Å². The second-order valence-electron chi connectivity index (χ2n) is 8.95. The van der Waals surface area contributed by atoms with E-state index in [1.165, 1.54) is 4.90 Å². The average molecular weight is 470 g/mol. The quantitative estimate of drug-likeness (QED) is 0.320. The Morgan fingerprint density at radius 3 is 2.60 bits per heavy atom. The maximum Gasteiger partial charge on any atom is 0.300 e. The van der Waals surface area contributed by atoms with Gasteiger partial charge in [0, 0.05) is 16.8 Å². The second kappa shape index (κ2) is 8.95. The first-order valence-corrected chi connectivity index (χ1v) is 11.7. The van der Waals surface area contributed by atoms with Crippen molar-refractivity contribution >= 4 is 23.1 Å². The number of amides is 1. The first-order valence-electron chi connectivity index (χ1n) is 11.7. The Labute approximate surface area is 204 Å². The molecule has 1 fully saturated rings. The van der Waals surface area contributed by atoms with Crippen LogP contribution >= 0.6 is 0 Å². The lowest BCUT2D eigenvalue weighted by molar-refractivity contribution is -0.132. The van der Waals surface area contributed by atoms with E-state index >= 15 is 0 Å². The molecular weight excluding hydrogens is 442 g/mol. The highest BCUT2D eigenvalue weighted by molar-refractivity contribution is 6.51. The zero-order chi connectivity index (χ0) is 24.7. The largest absolute Gasteiger partial charge is 0.507 e. The van der Waals surface area contributed by atoms with Gasteiger partial charge in [0.1, 0.15) is 17.3 Å². The predicted molar refractivity (Wildman–Crippen MR) is 134 cm³/mol. The van der Waals surface area contributed by atoms with Crippen molar-refractivity contribution in [2.45, 2.75) is 32.7 Å². The molecule has 0 saturated carbocycles. The molecule has 1 amide bonds. The van der Waals surface area contributed by atoms with E-state index in [1.54, 1.807) is 25.3 Å². The number of aliphatic hydroxyl groups is 1. The van der Waals surface area contributed by atoms with Gasteiger partial charge in [-0.2, -0.15) is 0 Å². The number of carbonyl (C=O) groups excluding carboxylic acids is 2. The molecule has 6 nitrogen and oxygen atoms in total. The molecule has 178 valence electrons. The van der Waals surface area contributed by atoms with Gasteiger partial charge in [-0.1, -0.05) is 24.3 Å². The molecule has 2 aliphatic heterocycles. The lowest BCUT2D eigenvalue weighted by Gasteiger charge is -2.27. The second-order valence-corrected chi connectivity index (χ2v) is 8.95. The van der Waals surface area contributed by atoms with Crippen LogP contribution in [0.5, 0.6) is 11.5 Å². The van der Waals surface area contributed by atoms with Crippen LogP contribution in [0.2, 0.25) is 0 Å². The van der Waals surface area contributed by atoms with Gasteiger partial charge in [-0.15, -0.1) is 0 Å². The van der Waals surface area contributed by atoms with Gasteiger partial charge in [0.25, 0.3) is 11.7 Å². The predicted octanol–water partition coefficient (Wildman–Crippen LogP) is 5.26. The number of rotatable bonds is 4. The molecule has 0 bridgehead atoms. The van der Waals surface area contributed by atoms with E-state index in [2.05, 4.69) is 0 Å². The number of benzene rings is 3. The Bertz CT molecular complexity index is 1370. The third-order valence-corrected chi connectivity index (χ3v) is 6.83. The van der Waals surface area contributed by atoms with E-state index in [9.17, 15) is 14.7 Å². The van der Waals surface area contributed by atoms with Gasteiger partial charge in [0.2, 0.25) is 0 Å². The summed E-state index contributed by atoms with van der Waals surface area (Å²) in [5, 5.41) is 11.5. The molecule has 0 aliphatic carbocycles. The highest BCUT2D eigenvalue weighted by Crippen LogP contribution is 2.45. The van der Waals surface area contributed by atoms with Crippen molar-refractivity contribution in [2.75, 3.05) is 18.6 Å². The van der Waals surface area contributed by atoms with Crippen LogP contribution < -0.4 is 14.4 Å². The molecule has 6 heteroatoms. The fourth-order valence-corrected chi connectivity index (χ4v) is 4.82. The average Bonchev–Trinajstić information content (AvgIpc) is 3.15. The number of ketones is 1. The van der Waals surface area contributed by atoms with Crippen LogP contribution in [0.4, 0.5) is 5.69 Å². The van der Waals surface area contributed by atoms with Crippen LogP contribution in [0, 0.1) is 13.8 Å². The van der Waals surface area contributed by atoms with Gasteiger partial charge >= 0.3 is 0 Å². The molecule has 3 aromatic rings. The Morgan fingerprint density at radius 2 is 1.83 bits per heavy atom. The van der Waals surface area contributed by atoms with Gasteiger partial charge < -0.3 is 14.6 Å². The Morgan fingerprint density at radius 1 is 1.03 bits per heavy atom. The molecule has 35 heavy (non-hydrogen) atoms. The minimum Gasteiger partial charge on any atom is -0.507 e. The zero-order valence-corrected chi connectivity index (χ0v) is 20.0. The fourth-order valence-electron chi connectivity index (χ4n) is 4.82. The van der Waals surface area contributed by atoms with Crippen molar-refractivity contribution in [3.05, 3.63) is 94.1 Å². The molecule has 1 atom stereocenters. The summed E-state index contributed by atoms with van der Waals surface area (Å²) < 4.78 is 11.3. The smallest absolute Gasteiger partial charge is 0.300 e. The molecule has 0 spiro atoms. The maximum atomic E-state index is 13.5. The number of methoxy groups -OCH3 is 1. The standard InChI is InChI=1S/C29H27NO5/c1-17-10-12-21(15-18(17)2)30-26(22-8-4-5-9-24(22)34-3)25(28(32)29(30)33)27(31)20-11-13-23-19(16-20)7-6-14-35-23/h4-5,8-13,15-16,26,31H,6-7,14H2,1-3H3/b27-25+. The minimum absolute atomic E-state index is 0.0365. The van der Waals surface area contributed by atoms with Crippen molar-refractivity contribution in [1.29, 1.82) is 0 Å². The summed E-state index contributed by atoms with van der Waals surface area (Å²) in [6.45, 7) is 4.61. The lowest BCUT2D eigenvalue weighted by atomic mass is 9.93. The summed E-state index contributed by atoms with van der Waals surface area (Å²) in [6, 6.07) is 17.4. The van der Waals surface area contributed by atoms with Crippen LogP contribution in [-0.4, -0.2) is 30.5 Å². The number of Topliss-reactive ketones (excluding diaryl/α,β-unsaturated/α-hetero) is 1. The first kappa shape index (κ1) is 22.7. The summed E-state index contributed by atoms with van der Waals surface area (Å²) in [6.07, 6.45) is 1.71. The van der Waals surface area contributed by atoms with Gasteiger partial charge in [0.05, 0.1) is 25.3 Å². The summed E-state index contributed by atoms with van der Waals surface area (Å²) in [4.78, 5) is 28.3. The maximum absolute atomic E-state index is 13.5. The number of para-hydroxylation sites is 1. The Balaban J connectivity index is 1.73. The van der Waals surface area contributed by atoms with Crippen LogP contribution in [0.1, 0.15) is 40.3 Å². The van der Waals surface area contributed by atoms with Gasteiger partial charge in [0.15, 0.2) is 0 Å². The van der Waals surface area contributed by atoms with E-state index in [1.807, 2.05) is 56.3 Å². The van der Waals surface area contributed by atoms with Crippen LogP contribution in [0.25, 0.3) is 5.76 Å². The number of fused-ring (bicyclic) bond motifs is 1. The summed E-state index contributed by atoms with van der Waals surface area (Å²) >= 11 is 0. The van der Waals surface area contributed by atoms with Gasteiger partial charge in [-0.3, -0.25) is 14.5 Å². The molecule has 2 aliphatic rings.